The maximum Gasteiger partial charge on any atom is 0.237 e. The van der Waals surface area contributed by atoms with Crippen molar-refractivity contribution < 1.29 is 14.3 Å². The Morgan fingerprint density at radius 1 is 0.941 bits per heavy atom. The van der Waals surface area contributed by atoms with Gasteiger partial charge < -0.3 is 20.7 Å². The molecule has 1 unspecified atom stereocenters. The van der Waals surface area contributed by atoms with Gasteiger partial charge in [0, 0.05) is 27.5 Å². The van der Waals surface area contributed by atoms with Crippen LogP contribution in [0.3, 0.4) is 0 Å². The summed E-state index contributed by atoms with van der Waals surface area (Å²) in [6.45, 7) is 3.36. The van der Waals surface area contributed by atoms with Crippen LogP contribution < -0.4 is 20.7 Å². The van der Waals surface area contributed by atoms with Crippen molar-refractivity contribution in [1.82, 2.24) is 0 Å². The SMILES string of the molecule is COc1ccc(NC(=O)C(C)Sc2cccc(NC(=S)Nc3ccc(C(C)=O)cc3)c2)cc1Cl. The number of Topliss-reactive ketones (excluding diaryl/α,β-unsaturated/α-hetero) is 1. The van der Waals surface area contributed by atoms with Crippen molar-refractivity contribution in [2.24, 2.45) is 0 Å². The van der Waals surface area contributed by atoms with E-state index in [1.807, 2.05) is 31.2 Å². The Bertz CT molecular complexity index is 1200. The molecule has 0 saturated heterocycles. The predicted molar refractivity (Wildman–Crippen MR) is 145 cm³/mol. The van der Waals surface area contributed by atoms with E-state index >= 15 is 0 Å². The van der Waals surface area contributed by atoms with E-state index in [1.165, 1.54) is 25.8 Å². The number of anilines is 3. The van der Waals surface area contributed by atoms with Crippen molar-refractivity contribution in [2.75, 3.05) is 23.1 Å². The number of ether oxygens (including phenoxy) is 1. The third-order valence-electron chi connectivity index (χ3n) is 4.74. The minimum atomic E-state index is -0.346. The van der Waals surface area contributed by atoms with Crippen molar-refractivity contribution in [3.63, 3.8) is 0 Å². The number of halogens is 1. The van der Waals surface area contributed by atoms with Gasteiger partial charge in [0.1, 0.15) is 5.75 Å². The third-order valence-corrected chi connectivity index (χ3v) is 6.34. The van der Waals surface area contributed by atoms with Crippen LogP contribution in [0.5, 0.6) is 5.75 Å². The van der Waals surface area contributed by atoms with Crippen molar-refractivity contribution >= 4 is 69.4 Å². The molecule has 0 radical (unpaired) electrons. The van der Waals surface area contributed by atoms with Gasteiger partial charge in [0.15, 0.2) is 10.9 Å². The average Bonchev–Trinajstić information content (AvgIpc) is 2.79. The molecule has 1 atom stereocenters. The van der Waals surface area contributed by atoms with Gasteiger partial charge in [0.2, 0.25) is 5.91 Å². The van der Waals surface area contributed by atoms with Gasteiger partial charge in [0.05, 0.1) is 17.4 Å². The molecule has 0 aliphatic heterocycles. The van der Waals surface area contributed by atoms with Gasteiger partial charge in [-0.05, 0) is 86.7 Å². The lowest BCUT2D eigenvalue weighted by atomic mass is 10.1. The summed E-state index contributed by atoms with van der Waals surface area (Å²) in [7, 11) is 1.54. The molecule has 0 bridgehead atoms. The van der Waals surface area contributed by atoms with Gasteiger partial charge in [-0.3, -0.25) is 9.59 Å². The number of methoxy groups -OCH3 is 1. The summed E-state index contributed by atoms with van der Waals surface area (Å²) in [6, 6.07) is 19.8. The van der Waals surface area contributed by atoms with Crippen LogP contribution in [0.2, 0.25) is 5.02 Å². The van der Waals surface area contributed by atoms with Crippen LogP contribution in [0.1, 0.15) is 24.2 Å². The zero-order valence-corrected chi connectivity index (χ0v) is 21.2. The molecular formula is C25H24ClN3O3S2. The minimum absolute atomic E-state index is 0.0114. The second kappa shape index (κ2) is 11.9. The van der Waals surface area contributed by atoms with Gasteiger partial charge in [-0.2, -0.15) is 0 Å². The monoisotopic (exact) mass is 513 g/mol. The van der Waals surface area contributed by atoms with Crippen LogP contribution >= 0.6 is 35.6 Å². The summed E-state index contributed by atoms with van der Waals surface area (Å²) in [5, 5.41) is 9.61. The Hall–Kier alpha value is -3.07. The highest BCUT2D eigenvalue weighted by molar-refractivity contribution is 8.00. The van der Waals surface area contributed by atoms with Crippen LogP contribution in [-0.4, -0.2) is 29.2 Å². The van der Waals surface area contributed by atoms with Crippen molar-refractivity contribution in [1.29, 1.82) is 0 Å². The molecule has 0 fully saturated rings. The smallest absolute Gasteiger partial charge is 0.237 e. The van der Waals surface area contributed by atoms with E-state index in [-0.39, 0.29) is 16.9 Å². The molecule has 0 aliphatic carbocycles. The number of benzene rings is 3. The maximum absolute atomic E-state index is 12.6. The van der Waals surface area contributed by atoms with Crippen LogP contribution in [0.25, 0.3) is 0 Å². The molecule has 0 saturated carbocycles. The lowest BCUT2D eigenvalue weighted by molar-refractivity contribution is -0.115. The van der Waals surface area contributed by atoms with Crippen molar-refractivity contribution in [2.45, 2.75) is 24.0 Å². The molecule has 3 N–H and O–H groups in total. The van der Waals surface area contributed by atoms with Gasteiger partial charge in [-0.1, -0.05) is 17.7 Å². The second-order valence-corrected chi connectivity index (χ2v) is 9.57. The number of rotatable bonds is 8. The minimum Gasteiger partial charge on any atom is -0.495 e. The number of nitrogens with one attached hydrogen (secondary N) is 3. The van der Waals surface area contributed by atoms with E-state index in [0.717, 1.165) is 16.3 Å². The Morgan fingerprint density at radius 2 is 1.59 bits per heavy atom. The standard InChI is InChI=1S/C25H24ClN3O3S2/c1-15(30)17-7-9-18(10-8-17)28-25(33)29-19-5-4-6-21(13-19)34-16(2)24(31)27-20-11-12-23(32-3)22(26)14-20/h4-14,16H,1-3H3,(H,27,31)(H2,28,29,33). The van der Waals surface area contributed by atoms with Crippen LogP contribution in [0.4, 0.5) is 17.1 Å². The van der Waals surface area contributed by atoms with E-state index in [9.17, 15) is 9.59 Å². The fourth-order valence-electron chi connectivity index (χ4n) is 2.97. The first-order valence-corrected chi connectivity index (χ1v) is 12.0. The fourth-order valence-corrected chi connectivity index (χ4v) is 4.39. The number of hydrogen-bond acceptors (Lipinski definition) is 5. The maximum atomic E-state index is 12.6. The summed E-state index contributed by atoms with van der Waals surface area (Å²) in [4.78, 5) is 25.0. The van der Waals surface area contributed by atoms with Gasteiger partial charge in [0.25, 0.3) is 0 Å². The van der Waals surface area contributed by atoms with E-state index < -0.39 is 0 Å². The topological polar surface area (TPSA) is 79.5 Å². The second-order valence-electron chi connectivity index (χ2n) is 7.34. The first-order valence-electron chi connectivity index (χ1n) is 10.4. The van der Waals surface area contributed by atoms with Crippen LogP contribution in [0.15, 0.2) is 71.6 Å². The summed E-state index contributed by atoms with van der Waals surface area (Å²) in [6.07, 6.45) is 0. The molecule has 0 aliphatic rings. The lowest BCUT2D eigenvalue weighted by Crippen LogP contribution is -2.22. The third kappa shape index (κ3) is 7.21. The van der Waals surface area contributed by atoms with E-state index in [2.05, 4.69) is 16.0 Å². The first-order chi connectivity index (χ1) is 16.2. The van der Waals surface area contributed by atoms with Crippen LogP contribution in [-0.2, 0) is 4.79 Å². The number of thiocarbonyl (C=S) groups is 1. The van der Waals surface area contributed by atoms with E-state index in [4.69, 9.17) is 28.6 Å². The number of hydrogen-bond donors (Lipinski definition) is 3. The number of amides is 1. The van der Waals surface area contributed by atoms with Gasteiger partial charge >= 0.3 is 0 Å². The Labute approximate surface area is 213 Å². The zero-order chi connectivity index (χ0) is 24.7. The summed E-state index contributed by atoms with van der Waals surface area (Å²) in [5.74, 6) is 0.417. The average molecular weight is 514 g/mol. The molecule has 0 heterocycles. The molecule has 34 heavy (non-hydrogen) atoms. The van der Waals surface area contributed by atoms with E-state index in [0.29, 0.717) is 27.1 Å². The summed E-state index contributed by atoms with van der Waals surface area (Å²) in [5.41, 5.74) is 2.81. The molecule has 9 heteroatoms. The summed E-state index contributed by atoms with van der Waals surface area (Å²) >= 11 is 13.0. The molecule has 6 nitrogen and oxygen atoms in total. The molecule has 3 aromatic carbocycles. The van der Waals surface area contributed by atoms with Gasteiger partial charge in [-0.25, -0.2) is 0 Å². The Morgan fingerprint density at radius 3 is 2.24 bits per heavy atom. The highest BCUT2D eigenvalue weighted by atomic mass is 35.5. The normalized spacial score (nSPS) is 11.3. The molecule has 176 valence electrons. The largest absolute Gasteiger partial charge is 0.495 e. The zero-order valence-electron chi connectivity index (χ0n) is 18.8. The highest BCUT2D eigenvalue weighted by Gasteiger charge is 2.16. The Kier molecular flexibility index (Phi) is 8.92. The predicted octanol–water partition coefficient (Wildman–Crippen LogP) is 6.48. The number of thioether (sulfide) groups is 1. The number of ketones is 1. The lowest BCUT2D eigenvalue weighted by Gasteiger charge is -2.14. The molecule has 3 aromatic rings. The molecule has 0 spiro atoms. The molecule has 0 aromatic heterocycles. The molecule has 1 amide bonds. The van der Waals surface area contributed by atoms with E-state index in [1.54, 1.807) is 42.5 Å². The Balaban J connectivity index is 1.56. The molecule has 3 rings (SSSR count). The highest BCUT2D eigenvalue weighted by Crippen LogP contribution is 2.29. The van der Waals surface area contributed by atoms with Crippen molar-refractivity contribution in [3.05, 3.63) is 77.3 Å². The molecular weight excluding hydrogens is 490 g/mol. The quantitative estimate of drug-likeness (QED) is 0.181. The fraction of sp³-hybridized carbons (Fsp3) is 0.160. The first kappa shape index (κ1) is 25.6. The van der Waals surface area contributed by atoms with Crippen LogP contribution in [0, 0.1) is 0 Å². The van der Waals surface area contributed by atoms with Crippen molar-refractivity contribution in [3.8, 4) is 5.75 Å². The van der Waals surface area contributed by atoms with Gasteiger partial charge in [-0.15, -0.1) is 11.8 Å². The number of carbonyl (C=O) groups excluding carboxylic acids is 2. The summed E-state index contributed by atoms with van der Waals surface area (Å²) < 4.78 is 5.14. The number of carbonyl (C=O) groups is 2.